The average Bonchev–Trinajstić information content (AvgIpc) is 3.00. The maximum Gasteiger partial charge on any atom is 0.180 e. The summed E-state index contributed by atoms with van der Waals surface area (Å²) in [5.41, 5.74) is 6.80. The summed E-state index contributed by atoms with van der Waals surface area (Å²) in [6.07, 6.45) is 1.63. The maximum atomic E-state index is 6.20. The van der Waals surface area contributed by atoms with Crippen LogP contribution in [0.2, 0.25) is 0 Å². The van der Waals surface area contributed by atoms with Gasteiger partial charge in [-0.15, -0.1) is 0 Å². The molecule has 0 N–H and O–H groups in total. The second-order valence-corrected chi connectivity index (χ2v) is 6.54. The predicted octanol–water partition coefficient (Wildman–Crippen LogP) is 5.81. The number of aromatic nitrogens is 2. The van der Waals surface area contributed by atoms with Crippen molar-refractivity contribution in [2.24, 2.45) is 0 Å². The minimum Gasteiger partial charge on any atom is -0.452 e. The van der Waals surface area contributed by atoms with Crippen molar-refractivity contribution in [1.29, 1.82) is 0 Å². The molecule has 0 aliphatic heterocycles. The van der Waals surface area contributed by atoms with Crippen LogP contribution >= 0.6 is 0 Å². The van der Waals surface area contributed by atoms with Crippen molar-refractivity contribution in [2.75, 3.05) is 0 Å². The highest BCUT2D eigenvalue weighted by Crippen LogP contribution is 2.37. The molecular weight excluding hydrogens is 308 g/mol. The molecule has 0 spiro atoms. The first-order valence-corrected chi connectivity index (χ1v) is 8.34. The van der Waals surface area contributed by atoms with Crippen LogP contribution < -0.4 is 0 Å². The summed E-state index contributed by atoms with van der Waals surface area (Å²) in [5, 5.41) is 3.40. The summed E-state index contributed by atoms with van der Waals surface area (Å²) in [7, 11) is 0. The predicted molar refractivity (Wildman–Crippen MR) is 102 cm³/mol. The molecule has 0 fully saturated rings. The Labute approximate surface area is 144 Å². The van der Waals surface area contributed by atoms with Crippen molar-refractivity contribution < 1.29 is 4.42 Å². The Morgan fingerprint density at radius 1 is 0.840 bits per heavy atom. The Balaban J connectivity index is 1.92. The number of furan rings is 1. The Kier molecular flexibility index (Phi) is 2.92. The third-order valence-electron chi connectivity index (χ3n) is 4.64. The Morgan fingerprint density at radius 2 is 1.64 bits per heavy atom. The van der Waals surface area contributed by atoms with Crippen molar-refractivity contribution in [3.05, 3.63) is 72.1 Å². The van der Waals surface area contributed by atoms with E-state index < -0.39 is 0 Å². The van der Waals surface area contributed by atoms with Crippen LogP contribution in [-0.4, -0.2) is 9.97 Å². The minimum atomic E-state index is 0.749. The molecule has 3 nitrogen and oxygen atoms in total. The number of nitrogens with zero attached hydrogens (tertiary/aromatic N) is 2. The smallest absolute Gasteiger partial charge is 0.180 e. The topological polar surface area (TPSA) is 38.9 Å². The minimum absolute atomic E-state index is 0.749. The zero-order valence-electron chi connectivity index (χ0n) is 14.1. The molecule has 0 unspecified atom stereocenters. The molecule has 3 aromatic carbocycles. The van der Waals surface area contributed by atoms with Crippen LogP contribution in [0.4, 0.5) is 0 Å². The highest BCUT2D eigenvalue weighted by Gasteiger charge is 2.16. The Hall–Kier alpha value is -3.20. The number of fused-ring (bicyclic) bond motifs is 5. The monoisotopic (exact) mass is 324 g/mol. The van der Waals surface area contributed by atoms with Crippen LogP contribution in [0, 0.1) is 13.8 Å². The van der Waals surface area contributed by atoms with Crippen molar-refractivity contribution in [3.8, 4) is 11.3 Å². The average molecular weight is 324 g/mol. The van der Waals surface area contributed by atoms with Gasteiger partial charge in [0, 0.05) is 5.56 Å². The van der Waals surface area contributed by atoms with Crippen molar-refractivity contribution >= 4 is 32.8 Å². The van der Waals surface area contributed by atoms with Gasteiger partial charge < -0.3 is 4.42 Å². The Morgan fingerprint density at radius 3 is 2.48 bits per heavy atom. The van der Waals surface area contributed by atoms with Gasteiger partial charge in [0.1, 0.15) is 23.1 Å². The highest BCUT2D eigenvalue weighted by molar-refractivity contribution is 6.18. The molecule has 5 aromatic rings. The van der Waals surface area contributed by atoms with Gasteiger partial charge in [0.15, 0.2) is 5.58 Å². The van der Waals surface area contributed by atoms with Crippen LogP contribution in [0.3, 0.4) is 0 Å². The molecule has 0 radical (unpaired) electrons. The largest absolute Gasteiger partial charge is 0.452 e. The summed E-state index contributed by atoms with van der Waals surface area (Å²) in [5.74, 6) is 0. The van der Waals surface area contributed by atoms with Crippen molar-refractivity contribution in [1.82, 2.24) is 9.97 Å². The van der Waals surface area contributed by atoms with Gasteiger partial charge in [0.2, 0.25) is 0 Å². The lowest BCUT2D eigenvalue weighted by atomic mass is 10.0. The lowest BCUT2D eigenvalue weighted by Gasteiger charge is -2.04. The molecule has 0 bridgehead atoms. The van der Waals surface area contributed by atoms with Crippen LogP contribution in [0.15, 0.2) is 65.3 Å². The van der Waals surface area contributed by atoms with Gasteiger partial charge in [-0.05, 0) is 42.8 Å². The van der Waals surface area contributed by atoms with Crippen LogP contribution in [-0.2, 0) is 0 Å². The number of benzene rings is 3. The molecule has 5 rings (SSSR count). The summed E-state index contributed by atoms with van der Waals surface area (Å²) in [6, 6.07) is 18.9. The zero-order chi connectivity index (χ0) is 17.0. The Bertz CT molecular complexity index is 1250. The molecule has 0 saturated heterocycles. The molecule has 0 aliphatic carbocycles. The van der Waals surface area contributed by atoms with E-state index in [0.717, 1.165) is 38.7 Å². The van der Waals surface area contributed by atoms with E-state index >= 15 is 0 Å². The molecule has 0 aliphatic rings. The van der Waals surface area contributed by atoms with Gasteiger partial charge in [-0.1, -0.05) is 47.5 Å². The van der Waals surface area contributed by atoms with E-state index in [0.29, 0.717) is 0 Å². The molecule has 2 heterocycles. The molecule has 3 heteroatoms. The summed E-state index contributed by atoms with van der Waals surface area (Å²) < 4.78 is 6.20. The molecule has 0 saturated carbocycles. The first-order valence-electron chi connectivity index (χ1n) is 8.34. The third-order valence-corrected chi connectivity index (χ3v) is 4.64. The lowest BCUT2D eigenvalue weighted by Crippen LogP contribution is -1.88. The fourth-order valence-corrected chi connectivity index (χ4v) is 3.66. The number of hydrogen-bond donors (Lipinski definition) is 0. The van der Waals surface area contributed by atoms with E-state index in [1.807, 2.05) is 18.2 Å². The number of aryl methyl sites for hydroxylation is 2. The second kappa shape index (κ2) is 5.15. The second-order valence-electron chi connectivity index (χ2n) is 6.54. The molecule has 25 heavy (non-hydrogen) atoms. The van der Waals surface area contributed by atoms with Gasteiger partial charge in [-0.25, -0.2) is 9.97 Å². The quantitative estimate of drug-likeness (QED) is 0.390. The SMILES string of the molecule is Cc1cc(C)cc(-c2ncnc3c2oc2ccc4ccccc4c23)c1. The standard InChI is InChI=1S/C22H16N2O/c1-13-9-14(2)11-16(10-13)20-22-21(24-12-23-20)19-17-6-4-3-5-15(17)7-8-18(19)25-22/h3-12H,1-2H3. The molecular formula is C22H16N2O. The summed E-state index contributed by atoms with van der Waals surface area (Å²) in [6.45, 7) is 4.20. The van der Waals surface area contributed by atoms with Gasteiger partial charge in [-0.2, -0.15) is 0 Å². The van der Waals surface area contributed by atoms with E-state index in [4.69, 9.17) is 4.42 Å². The van der Waals surface area contributed by atoms with Crippen LogP contribution in [0.1, 0.15) is 11.1 Å². The first-order chi connectivity index (χ1) is 12.2. The highest BCUT2D eigenvalue weighted by atomic mass is 16.3. The fraction of sp³-hybridized carbons (Fsp3) is 0.0909. The zero-order valence-corrected chi connectivity index (χ0v) is 14.1. The van der Waals surface area contributed by atoms with E-state index in [1.165, 1.54) is 16.5 Å². The fourth-order valence-electron chi connectivity index (χ4n) is 3.66. The summed E-state index contributed by atoms with van der Waals surface area (Å²) in [4.78, 5) is 9.08. The molecule has 0 amide bonds. The van der Waals surface area contributed by atoms with E-state index in [-0.39, 0.29) is 0 Å². The van der Waals surface area contributed by atoms with Crippen molar-refractivity contribution in [2.45, 2.75) is 13.8 Å². The van der Waals surface area contributed by atoms with Gasteiger partial charge in [0.05, 0.1) is 5.39 Å². The number of rotatable bonds is 1. The van der Waals surface area contributed by atoms with Crippen LogP contribution in [0.25, 0.3) is 44.1 Å². The molecule has 0 atom stereocenters. The number of hydrogen-bond acceptors (Lipinski definition) is 3. The van der Waals surface area contributed by atoms with Crippen molar-refractivity contribution in [3.63, 3.8) is 0 Å². The van der Waals surface area contributed by atoms with E-state index in [2.05, 4.69) is 60.2 Å². The lowest BCUT2D eigenvalue weighted by molar-refractivity contribution is 0.667. The molecule has 120 valence electrons. The van der Waals surface area contributed by atoms with E-state index in [9.17, 15) is 0 Å². The van der Waals surface area contributed by atoms with E-state index in [1.54, 1.807) is 6.33 Å². The van der Waals surface area contributed by atoms with Gasteiger partial charge in [0.25, 0.3) is 0 Å². The summed E-state index contributed by atoms with van der Waals surface area (Å²) >= 11 is 0. The third kappa shape index (κ3) is 2.13. The van der Waals surface area contributed by atoms with Gasteiger partial charge in [-0.3, -0.25) is 0 Å². The molecule has 2 aromatic heterocycles. The normalized spacial score (nSPS) is 11.6. The maximum absolute atomic E-state index is 6.20. The first kappa shape index (κ1) is 14.2. The van der Waals surface area contributed by atoms with Gasteiger partial charge >= 0.3 is 0 Å². The van der Waals surface area contributed by atoms with Crippen LogP contribution in [0.5, 0.6) is 0 Å².